The van der Waals surface area contributed by atoms with Crippen LogP contribution in [0.15, 0.2) is 0 Å². The highest BCUT2D eigenvalue weighted by Crippen LogP contribution is 2.41. The van der Waals surface area contributed by atoms with E-state index in [9.17, 15) is 25.1 Å². The summed E-state index contributed by atoms with van der Waals surface area (Å²) in [6.07, 6.45) is -7.04. The minimum atomic E-state index is -1.53. The van der Waals surface area contributed by atoms with Gasteiger partial charge in [-0.15, -0.1) is 0 Å². The summed E-state index contributed by atoms with van der Waals surface area (Å²) in [5.74, 6) is -2.39. The summed E-state index contributed by atoms with van der Waals surface area (Å²) in [6.45, 7) is 18.7. The lowest BCUT2D eigenvalue weighted by molar-refractivity contribution is -0.318. The number of methoxy groups -OCH3 is 1. The number of cyclic esters (lactones) is 1. The SMILES string of the molecule is CC[C@H]1OC(=O)[C@H](C)[C@H](O[C@H]2C[C@@](C)(OC)[C@@H](O)[C@H](C)O2)[C@@H](C)[C@H](O[C@@H]2O[C@H](C)C[C@H](N(C)C)[C@H]2O)[C@](C)(O)C[C@@H](C)CN[C@H](C)[C@@H]2OB(O)O[C@]12C. The van der Waals surface area contributed by atoms with Crippen LogP contribution in [0, 0.1) is 17.8 Å². The number of ether oxygens (including phenoxy) is 6. The van der Waals surface area contributed by atoms with Crippen molar-refractivity contribution in [3.05, 3.63) is 0 Å². The lowest BCUT2D eigenvalue weighted by atomic mass is 9.77. The lowest BCUT2D eigenvalue weighted by Crippen LogP contribution is -2.60. The Morgan fingerprint density at radius 3 is 2.28 bits per heavy atom. The average Bonchev–Trinajstić information content (AvgIpc) is 3.40. The summed E-state index contributed by atoms with van der Waals surface area (Å²) in [5, 5.41) is 49.0. The summed E-state index contributed by atoms with van der Waals surface area (Å²) < 4.78 is 49.7. The molecule has 0 unspecified atom stereocenters. The molecule has 15 nitrogen and oxygen atoms in total. The molecule has 0 radical (unpaired) electrons. The van der Waals surface area contributed by atoms with Gasteiger partial charge >= 0.3 is 13.3 Å². The Balaban J connectivity index is 1.80. The average molecular weight is 761 g/mol. The molecule has 0 aromatic carbocycles. The highest BCUT2D eigenvalue weighted by atomic mass is 16.7. The molecular formula is C37H69BN2O13. The molecule has 0 aromatic heterocycles. The minimum absolute atomic E-state index is 0.108. The number of likely N-dealkylation sites (N-methyl/N-ethyl adjacent to an activating group) is 1. The summed E-state index contributed by atoms with van der Waals surface area (Å²) in [4.78, 5) is 16.3. The molecule has 0 aliphatic carbocycles. The zero-order chi connectivity index (χ0) is 39.8. The molecule has 4 rings (SSSR count). The van der Waals surface area contributed by atoms with Crippen LogP contribution in [-0.2, 0) is 42.5 Å². The number of hydrogen-bond donors (Lipinski definition) is 5. The number of aliphatic hydroxyl groups is 3. The second-order valence-electron chi connectivity index (χ2n) is 17.2. The fraction of sp³-hybridized carbons (Fsp3) is 0.973. The van der Waals surface area contributed by atoms with E-state index in [-0.39, 0.29) is 36.9 Å². The van der Waals surface area contributed by atoms with Crippen LogP contribution < -0.4 is 5.32 Å². The van der Waals surface area contributed by atoms with Crippen molar-refractivity contribution < 1.29 is 62.9 Å². The maximum atomic E-state index is 14.4. The van der Waals surface area contributed by atoms with Gasteiger partial charge in [-0.2, -0.15) is 0 Å². The number of hydrogen-bond acceptors (Lipinski definition) is 15. The van der Waals surface area contributed by atoms with E-state index in [0.29, 0.717) is 19.4 Å². The molecule has 0 aromatic rings. The molecule has 16 heteroatoms. The quantitative estimate of drug-likeness (QED) is 0.186. The molecule has 0 saturated carbocycles. The Bertz CT molecular complexity index is 1200. The molecule has 4 saturated heterocycles. The van der Waals surface area contributed by atoms with Gasteiger partial charge in [-0.05, 0) is 94.3 Å². The van der Waals surface area contributed by atoms with Crippen molar-refractivity contribution >= 4 is 13.3 Å². The second-order valence-corrected chi connectivity index (χ2v) is 17.2. The number of rotatable bonds is 7. The maximum absolute atomic E-state index is 14.4. The van der Waals surface area contributed by atoms with E-state index in [1.165, 1.54) is 7.11 Å². The molecule has 18 atom stereocenters. The Morgan fingerprint density at radius 2 is 1.68 bits per heavy atom. The summed E-state index contributed by atoms with van der Waals surface area (Å²) in [6, 6.07) is -0.602. The van der Waals surface area contributed by atoms with Gasteiger partial charge in [0, 0.05) is 31.5 Å². The van der Waals surface area contributed by atoms with Crippen LogP contribution in [0.1, 0.15) is 94.9 Å². The fourth-order valence-corrected chi connectivity index (χ4v) is 9.10. The van der Waals surface area contributed by atoms with Gasteiger partial charge in [0.15, 0.2) is 12.6 Å². The monoisotopic (exact) mass is 760 g/mol. The van der Waals surface area contributed by atoms with Gasteiger partial charge < -0.3 is 68.3 Å². The van der Waals surface area contributed by atoms with Crippen molar-refractivity contribution in [2.24, 2.45) is 17.8 Å². The van der Waals surface area contributed by atoms with Crippen LogP contribution in [0.2, 0.25) is 0 Å². The number of aliphatic hydroxyl groups excluding tert-OH is 2. The van der Waals surface area contributed by atoms with Crippen LogP contribution in [0.4, 0.5) is 0 Å². The summed E-state index contributed by atoms with van der Waals surface area (Å²) >= 11 is 0. The van der Waals surface area contributed by atoms with Crippen LogP contribution in [0.5, 0.6) is 0 Å². The van der Waals surface area contributed by atoms with Gasteiger partial charge in [0.2, 0.25) is 0 Å². The zero-order valence-electron chi connectivity index (χ0n) is 34.2. The van der Waals surface area contributed by atoms with Crippen molar-refractivity contribution in [1.29, 1.82) is 0 Å². The zero-order valence-corrected chi connectivity index (χ0v) is 34.2. The highest BCUT2D eigenvalue weighted by Gasteiger charge is 2.57. The van der Waals surface area contributed by atoms with Crippen molar-refractivity contribution in [3.63, 3.8) is 0 Å². The molecule has 0 amide bonds. The predicted octanol–water partition coefficient (Wildman–Crippen LogP) is 1.60. The van der Waals surface area contributed by atoms with Crippen LogP contribution in [-0.4, -0.2) is 157 Å². The van der Waals surface area contributed by atoms with E-state index >= 15 is 0 Å². The summed E-state index contributed by atoms with van der Waals surface area (Å²) in [7, 11) is 3.80. The van der Waals surface area contributed by atoms with Crippen molar-refractivity contribution in [1.82, 2.24) is 10.2 Å². The molecule has 0 spiro atoms. The van der Waals surface area contributed by atoms with Gasteiger partial charge in [-0.3, -0.25) is 4.79 Å². The number of nitrogens with zero attached hydrogens (tertiary/aromatic N) is 1. The third-order valence-electron chi connectivity index (χ3n) is 12.3. The number of nitrogens with one attached hydrogen (secondary N) is 1. The highest BCUT2D eigenvalue weighted by molar-refractivity contribution is 6.35. The van der Waals surface area contributed by atoms with Crippen molar-refractivity contribution in [2.45, 2.75) is 185 Å². The smallest absolute Gasteiger partial charge is 0.459 e. The summed E-state index contributed by atoms with van der Waals surface area (Å²) in [5.41, 5.74) is -3.75. The van der Waals surface area contributed by atoms with E-state index < -0.39 is 97.2 Å². The lowest BCUT2D eigenvalue weighted by Gasteiger charge is -2.48. The first-order valence-electron chi connectivity index (χ1n) is 19.5. The van der Waals surface area contributed by atoms with E-state index in [2.05, 4.69) is 5.32 Å². The molecule has 0 bridgehead atoms. The molecule has 53 heavy (non-hydrogen) atoms. The standard InChI is InChI=1S/C37H69BN2O13/c1-14-26-37(10)32(52-38(45)53-37)23(6)39-18-19(2)16-35(8,44)31(51-34-28(41)25(40(11)12)15-20(3)47-34)21(4)29(22(5)33(43)49-26)50-27-17-36(9,46-13)30(42)24(7)48-27/h19-32,34,39,41-42,44-45H,14-18H2,1-13H3/t19-,20-,21-,22-,23-,24+,25+,26-,27+,28-,29-,30+,31+,32+,34+,35-,36-,37-/m1/s1. The van der Waals surface area contributed by atoms with Crippen molar-refractivity contribution in [3.8, 4) is 0 Å². The van der Waals surface area contributed by atoms with Crippen molar-refractivity contribution in [2.75, 3.05) is 27.7 Å². The predicted molar refractivity (Wildman–Crippen MR) is 195 cm³/mol. The van der Waals surface area contributed by atoms with Gasteiger partial charge in [0.05, 0.1) is 47.6 Å². The molecule has 5 N–H and O–H groups in total. The van der Waals surface area contributed by atoms with Crippen LogP contribution >= 0.6 is 0 Å². The number of fused-ring (bicyclic) bond motifs is 1. The number of esters is 1. The Morgan fingerprint density at radius 1 is 1.02 bits per heavy atom. The Labute approximate surface area is 316 Å². The van der Waals surface area contributed by atoms with E-state index in [4.69, 9.17) is 37.7 Å². The molecule has 4 fully saturated rings. The van der Waals surface area contributed by atoms with Gasteiger partial charge in [-0.1, -0.05) is 20.8 Å². The number of carbonyl (C=O) groups excluding carboxylic acids is 1. The van der Waals surface area contributed by atoms with E-state index in [0.717, 1.165) is 0 Å². The molecular weight excluding hydrogens is 691 g/mol. The largest absolute Gasteiger partial charge is 0.637 e. The first kappa shape index (κ1) is 44.7. The van der Waals surface area contributed by atoms with Gasteiger partial charge in [0.25, 0.3) is 0 Å². The first-order chi connectivity index (χ1) is 24.6. The maximum Gasteiger partial charge on any atom is 0.637 e. The Hall–Kier alpha value is -0.985. The Kier molecular flexibility index (Phi) is 14.9. The van der Waals surface area contributed by atoms with Crippen LogP contribution in [0.3, 0.4) is 0 Å². The second kappa shape index (κ2) is 17.7. The minimum Gasteiger partial charge on any atom is -0.459 e. The molecule has 4 aliphatic rings. The normalized spacial score (nSPS) is 49.6. The molecule has 308 valence electrons. The number of carbonyl (C=O) groups is 1. The molecule has 4 aliphatic heterocycles. The van der Waals surface area contributed by atoms with Crippen LogP contribution in [0.25, 0.3) is 0 Å². The topological polar surface area (TPSA) is 187 Å². The third kappa shape index (κ3) is 9.77. The fourth-order valence-electron chi connectivity index (χ4n) is 9.10. The molecule has 4 heterocycles. The first-order valence-corrected chi connectivity index (χ1v) is 19.5. The van der Waals surface area contributed by atoms with Gasteiger partial charge in [-0.25, -0.2) is 0 Å². The van der Waals surface area contributed by atoms with Gasteiger partial charge in [0.1, 0.15) is 23.9 Å². The van der Waals surface area contributed by atoms with E-state index in [1.54, 1.807) is 34.6 Å². The third-order valence-corrected chi connectivity index (χ3v) is 12.3. The van der Waals surface area contributed by atoms with E-state index in [1.807, 2.05) is 53.6 Å².